The third-order valence-corrected chi connectivity index (χ3v) is 5.39. The molecule has 2 amide bonds. The minimum atomic E-state index is -0.243. The van der Waals surface area contributed by atoms with E-state index in [1.165, 1.54) is 83.5 Å². The number of amides is 2. The van der Waals surface area contributed by atoms with E-state index in [-0.39, 0.29) is 30.8 Å². The number of nitrogens with one attached hydrogen (secondary N) is 1. The molecule has 0 bridgehead atoms. The summed E-state index contributed by atoms with van der Waals surface area (Å²) in [6, 6.07) is 5.63. The fraction of sp³-hybridized carbons (Fsp3) is 0.720. The summed E-state index contributed by atoms with van der Waals surface area (Å²) < 4.78 is 1.76. The van der Waals surface area contributed by atoms with Crippen LogP contribution < -0.4 is 22.3 Å². The van der Waals surface area contributed by atoms with Crippen LogP contribution in [0.15, 0.2) is 30.6 Å². The molecule has 1 rings (SSSR count). The second kappa shape index (κ2) is 20.8. The summed E-state index contributed by atoms with van der Waals surface area (Å²) in [7, 11) is 0. The van der Waals surface area contributed by atoms with Gasteiger partial charge in [0.1, 0.15) is 0 Å². The summed E-state index contributed by atoms with van der Waals surface area (Å²) in [6.07, 6.45) is 23.7. The number of aromatic nitrogens is 1. The third-order valence-electron chi connectivity index (χ3n) is 5.39. The summed E-state index contributed by atoms with van der Waals surface area (Å²) in [4.78, 5) is 23.7. The van der Waals surface area contributed by atoms with Crippen molar-refractivity contribution in [2.75, 3.05) is 0 Å². The van der Waals surface area contributed by atoms with E-state index in [0.717, 1.165) is 12.8 Å². The van der Waals surface area contributed by atoms with Gasteiger partial charge in [0.2, 0.25) is 12.5 Å². The maximum Gasteiger partial charge on any atom is 0.292 e. The normalized spacial score (nSPS) is 10.4. The minimum Gasteiger partial charge on any atom is -1.00 e. The molecule has 1 heterocycles. The summed E-state index contributed by atoms with van der Waals surface area (Å²) >= 11 is 0. The molecule has 0 aromatic carbocycles. The summed E-state index contributed by atoms with van der Waals surface area (Å²) in [5, 5.41) is 2.48. The van der Waals surface area contributed by atoms with Crippen LogP contribution in [0.3, 0.4) is 0 Å². The van der Waals surface area contributed by atoms with E-state index in [1.54, 1.807) is 4.57 Å². The van der Waals surface area contributed by atoms with E-state index >= 15 is 0 Å². The van der Waals surface area contributed by atoms with Crippen LogP contribution in [-0.2, 0) is 16.1 Å². The molecule has 0 aliphatic heterocycles. The van der Waals surface area contributed by atoms with E-state index in [0.29, 0.717) is 6.42 Å². The van der Waals surface area contributed by atoms with Gasteiger partial charge in [-0.05, 0) is 6.42 Å². The lowest BCUT2D eigenvalue weighted by molar-refractivity contribution is -0.684. The average Bonchev–Trinajstić information content (AvgIpc) is 2.71. The van der Waals surface area contributed by atoms with E-state index in [2.05, 4.69) is 12.2 Å². The predicted molar refractivity (Wildman–Crippen MR) is 119 cm³/mol. The highest BCUT2D eigenvalue weighted by atomic mass is 35.5. The van der Waals surface area contributed by atoms with Crippen LogP contribution in [0.4, 0.5) is 0 Å². The van der Waals surface area contributed by atoms with Gasteiger partial charge in [0.05, 0.1) is 0 Å². The average molecular weight is 439 g/mol. The minimum absolute atomic E-state index is 0. The molecular formula is C25H43ClN2O2. The van der Waals surface area contributed by atoms with Crippen molar-refractivity contribution in [3.8, 4) is 0 Å². The number of nitrogens with zero attached hydrogens (tertiary/aromatic N) is 1. The fourth-order valence-electron chi connectivity index (χ4n) is 3.62. The van der Waals surface area contributed by atoms with Gasteiger partial charge in [-0.25, -0.2) is 0 Å². The van der Waals surface area contributed by atoms with Crippen molar-refractivity contribution in [2.24, 2.45) is 0 Å². The Kier molecular flexibility index (Phi) is 19.9. The molecule has 0 aliphatic rings. The molecule has 4 nitrogen and oxygen atoms in total. The monoisotopic (exact) mass is 438 g/mol. The van der Waals surface area contributed by atoms with Crippen molar-refractivity contribution in [2.45, 2.75) is 116 Å². The quantitative estimate of drug-likeness (QED) is 0.283. The zero-order valence-electron chi connectivity index (χ0n) is 19.0. The predicted octanol–water partition coefficient (Wildman–Crippen LogP) is 2.88. The molecule has 172 valence electrons. The molecule has 0 unspecified atom stereocenters. The molecule has 0 fully saturated rings. The van der Waals surface area contributed by atoms with Crippen LogP contribution in [0.1, 0.15) is 110 Å². The first-order chi connectivity index (χ1) is 14.2. The number of hydrogen-bond donors (Lipinski definition) is 1. The van der Waals surface area contributed by atoms with Gasteiger partial charge in [0.25, 0.3) is 5.91 Å². The number of carbonyl (C=O) groups excluding carboxylic acids is 2. The lowest BCUT2D eigenvalue weighted by atomic mass is 10.0. The van der Waals surface area contributed by atoms with Crippen LogP contribution in [0.2, 0.25) is 0 Å². The Labute approximate surface area is 190 Å². The molecular weight excluding hydrogens is 396 g/mol. The Morgan fingerprint density at radius 1 is 0.633 bits per heavy atom. The number of unbranched alkanes of at least 4 members (excludes halogenated alkanes) is 14. The lowest BCUT2D eigenvalue weighted by Crippen LogP contribution is -3.00. The standard InChI is InChI=1S/C25H42N2O2.ClH/c1-2-3-4-5-6-7-8-9-10-11-12-13-14-15-17-20-24(28)26-25(29)23-27-21-18-16-19-22-27;/h16,18-19,21-22H,2-15,17,20,23H2,1H3;1H. The van der Waals surface area contributed by atoms with Gasteiger partial charge in [0.15, 0.2) is 12.4 Å². The van der Waals surface area contributed by atoms with Crippen LogP contribution in [0.5, 0.6) is 0 Å². The van der Waals surface area contributed by atoms with Gasteiger partial charge in [-0.15, -0.1) is 0 Å². The SMILES string of the molecule is CCCCCCCCCCCCCCCCCC(=O)NC(=O)C[n+]1ccccc1.[Cl-]. The molecule has 1 aromatic rings. The molecule has 0 atom stereocenters. The largest absolute Gasteiger partial charge is 1.00 e. The molecule has 0 spiro atoms. The Hall–Kier alpha value is -1.42. The molecule has 5 heteroatoms. The number of halogens is 1. The Balaban J connectivity index is 0.00000841. The maximum absolute atomic E-state index is 11.8. The third kappa shape index (κ3) is 17.4. The zero-order valence-corrected chi connectivity index (χ0v) is 19.8. The highest BCUT2D eigenvalue weighted by molar-refractivity contribution is 5.94. The van der Waals surface area contributed by atoms with Gasteiger partial charge >= 0.3 is 0 Å². The highest BCUT2D eigenvalue weighted by Gasteiger charge is 2.11. The van der Waals surface area contributed by atoms with E-state index in [4.69, 9.17) is 0 Å². The number of rotatable bonds is 18. The fourth-order valence-corrected chi connectivity index (χ4v) is 3.62. The van der Waals surface area contributed by atoms with Crippen molar-refractivity contribution in [1.82, 2.24) is 5.32 Å². The van der Waals surface area contributed by atoms with Crippen molar-refractivity contribution in [3.63, 3.8) is 0 Å². The Morgan fingerprint density at radius 2 is 1.07 bits per heavy atom. The van der Waals surface area contributed by atoms with Gasteiger partial charge in [-0.2, -0.15) is 4.57 Å². The van der Waals surface area contributed by atoms with E-state index < -0.39 is 0 Å². The van der Waals surface area contributed by atoms with Crippen molar-refractivity contribution in [3.05, 3.63) is 30.6 Å². The molecule has 0 saturated carbocycles. The second-order valence-electron chi connectivity index (χ2n) is 8.22. The van der Waals surface area contributed by atoms with Crippen molar-refractivity contribution in [1.29, 1.82) is 0 Å². The van der Waals surface area contributed by atoms with Crippen LogP contribution in [-0.4, -0.2) is 11.8 Å². The first kappa shape index (κ1) is 28.6. The highest BCUT2D eigenvalue weighted by Crippen LogP contribution is 2.13. The number of carbonyl (C=O) groups is 2. The van der Waals surface area contributed by atoms with Crippen LogP contribution in [0.25, 0.3) is 0 Å². The van der Waals surface area contributed by atoms with Gasteiger partial charge < -0.3 is 12.4 Å². The first-order valence-electron chi connectivity index (χ1n) is 12.0. The van der Waals surface area contributed by atoms with E-state index in [9.17, 15) is 9.59 Å². The summed E-state index contributed by atoms with van der Waals surface area (Å²) in [5.41, 5.74) is 0. The van der Waals surface area contributed by atoms with Crippen LogP contribution in [0, 0.1) is 0 Å². The lowest BCUT2D eigenvalue weighted by Gasteiger charge is -2.04. The molecule has 0 radical (unpaired) electrons. The van der Waals surface area contributed by atoms with Crippen molar-refractivity contribution >= 4 is 11.8 Å². The van der Waals surface area contributed by atoms with Gasteiger partial charge in [0, 0.05) is 18.6 Å². The number of imide groups is 1. The smallest absolute Gasteiger partial charge is 0.292 e. The van der Waals surface area contributed by atoms with E-state index in [1.807, 2.05) is 30.6 Å². The van der Waals surface area contributed by atoms with Gasteiger partial charge in [-0.1, -0.05) is 103 Å². The topological polar surface area (TPSA) is 50.1 Å². The Bertz CT molecular complexity index is 537. The maximum atomic E-state index is 11.8. The zero-order chi connectivity index (χ0) is 21.0. The molecule has 30 heavy (non-hydrogen) atoms. The van der Waals surface area contributed by atoms with Crippen molar-refractivity contribution < 1.29 is 26.6 Å². The summed E-state index contributed by atoms with van der Waals surface area (Å²) in [5.74, 6) is -0.395. The van der Waals surface area contributed by atoms with Crippen LogP contribution >= 0.6 is 0 Å². The molecule has 1 aromatic heterocycles. The van der Waals surface area contributed by atoms with Gasteiger partial charge in [-0.3, -0.25) is 14.9 Å². The summed E-state index contributed by atoms with van der Waals surface area (Å²) in [6.45, 7) is 2.46. The number of pyridine rings is 1. The molecule has 0 saturated heterocycles. The second-order valence-corrected chi connectivity index (χ2v) is 8.22. The molecule has 1 N–H and O–H groups in total. The molecule has 0 aliphatic carbocycles. The Morgan fingerprint density at radius 3 is 1.53 bits per heavy atom. The number of hydrogen-bond acceptors (Lipinski definition) is 2. The first-order valence-corrected chi connectivity index (χ1v) is 12.0.